The minimum Gasteiger partial charge on any atom is -0.245 e. The molecular formula is C27H25N7. The molecule has 0 aliphatic carbocycles. The minimum atomic E-state index is 0.653. The number of aryl methyl sites for hydroxylation is 1. The molecule has 7 nitrogen and oxygen atoms in total. The average molecular weight is 448 g/mol. The zero-order chi connectivity index (χ0) is 23.2. The number of benzene rings is 3. The van der Waals surface area contributed by atoms with Crippen LogP contribution in [0.2, 0.25) is 0 Å². The van der Waals surface area contributed by atoms with E-state index in [0.717, 1.165) is 47.6 Å². The van der Waals surface area contributed by atoms with Crippen molar-refractivity contribution in [3.63, 3.8) is 0 Å². The highest BCUT2D eigenvalue weighted by Crippen LogP contribution is 2.29. The van der Waals surface area contributed by atoms with Gasteiger partial charge in [-0.3, -0.25) is 0 Å². The van der Waals surface area contributed by atoms with Crippen LogP contribution in [-0.2, 0) is 19.4 Å². The van der Waals surface area contributed by atoms with E-state index in [1.165, 1.54) is 11.1 Å². The van der Waals surface area contributed by atoms with Crippen LogP contribution in [-0.4, -0.2) is 35.4 Å². The largest absolute Gasteiger partial charge is 0.245 e. The fraction of sp³-hybridized carbons (Fsp3) is 0.148. The molecule has 0 saturated heterocycles. The molecule has 1 N–H and O–H groups in total. The highest BCUT2D eigenvalue weighted by atomic mass is 15.5. The van der Waals surface area contributed by atoms with Crippen molar-refractivity contribution < 1.29 is 0 Å². The normalized spacial score (nSPS) is 10.9. The quantitative estimate of drug-likeness (QED) is 0.326. The van der Waals surface area contributed by atoms with Gasteiger partial charge in [0.2, 0.25) is 0 Å². The third-order valence-electron chi connectivity index (χ3n) is 5.69. The first kappa shape index (κ1) is 21.5. The third kappa shape index (κ3) is 4.83. The molecular weight excluding hydrogens is 422 g/mol. The molecule has 0 saturated carbocycles. The molecule has 0 amide bonds. The van der Waals surface area contributed by atoms with E-state index in [-0.39, 0.29) is 0 Å². The maximum Gasteiger partial charge on any atom is 0.180 e. The van der Waals surface area contributed by atoms with Crippen LogP contribution >= 0.6 is 0 Å². The van der Waals surface area contributed by atoms with E-state index < -0.39 is 0 Å². The van der Waals surface area contributed by atoms with E-state index in [1.807, 2.05) is 47.2 Å². The molecule has 0 aliphatic rings. The highest BCUT2D eigenvalue weighted by Gasteiger charge is 2.12. The first-order chi connectivity index (χ1) is 16.8. The van der Waals surface area contributed by atoms with E-state index in [1.54, 1.807) is 0 Å². The van der Waals surface area contributed by atoms with Gasteiger partial charge in [0.05, 0.1) is 6.54 Å². The van der Waals surface area contributed by atoms with Crippen LogP contribution in [0.3, 0.4) is 0 Å². The number of nitrogens with one attached hydrogen (secondary N) is 1. The number of nitrogens with zero attached hydrogens (tertiary/aromatic N) is 6. The Hall–Kier alpha value is -4.39. The summed E-state index contributed by atoms with van der Waals surface area (Å²) in [5, 5.41) is 19.2. The van der Waals surface area contributed by atoms with Gasteiger partial charge in [0.1, 0.15) is 5.82 Å². The van der Waals surface area contributed by atoms with E-state index in [2.05, 4.69) is 69.7 Å². The Morgan fingerprint density at radius 1 is 0.853 bits per heavy atom. The number of aromatic amines is 1. The summed E-state index contributed by atoms with van der Waals surface area (Å²) < 4.78 is 2.02. The summed E-state index contributed by atoms with van der Waals surface area (Å²) in [5.41, 5.74) is 5.52. The molecule has 34 heavy (non-hydrogen) atoms. The molecule has 168 valence electrons. The van der Waals surface area contributed by atoms with Gasteiger partial charge in [-0.1, -0.05) is 84.9 Å². The maximum absolute atomic E-state index is 4.83. The smallest absolute Gasteiger partial charge is 0.180 e. The van der Waals surface area contributed by atoms with Crippen LogP contribution in [0.25, 0.3) is 22.5 Å². The van der Waals surface area contributed by atoms with Crippen molar-refractivity contribution >= 4 is 0 Å². The molecule has 0 spiro atoms. The molecule has 7 heteroatoms. The minimum absolute atomic E-state index is 0.653. The van der Waals surface area contributed by atoms with Crippen molar-refractivity contribution in [3.8, 4) is 22.5 Å². The van der Waals surface area contributed by atoms with Gasteiger partial charge in [-0.25, -0.2) is 14.8 Å². The Morgan fingerprint density at radius 2 is 1.62 bits per heavy atom. The van der Waals surface area contributed by atoms with Crippen molar-refractivity contribution in [1.29, 1.82) is 0 Å². The molecule has 3 aromatic carbocycles. The van der Waals surface area contributed by atoms with Crippen LogP contribution in [0, 0.1) is 0 Å². The summed E-state index contributed by atoms with van der Waals surface area (Å²) in [6.07, 6.45) is 4.34. The topological polar surface area (TPSA) is 85.2 Å². The lowest BCUT2D eigenvalue weighted by molar-refractivity contribution is 0.631. The summed E-state index contributed by atoms with van der Waals surface area (Å²) >= 11 is 0. The summed E-state index contributed by atoms with van der Waals surface area (Å²) in [7, 11) is 0. The second kappa shape index (κ2) is 10.0. The number of hydrogen-bond donors (Lipinski definition) is 1. The fourth-order valence-corrected chi connectivity index (χ4v) is 4.00. The molecule has 2 heterocycles. The first-order valence-electron chi connectivity index (χ1n) is 11.3. The number of H-pyrrole nitrogens is 1. The summed E-state index contributed by atoms with van der Waals surface area (Å²) in [4.78, 5) is 4.83. The van der Waals surface area contributed by atoms with Crippen LogP contribution < -0.4 is 0 Å². The van der Waals surface area contributed by atoms with Crippen molar-refractivity contribution in [3.05, 3.63) is 114 Å². The first-order valence-corrected chi connectivity index (χ1v) is 11.3. The van der Waals surface area contributed by atoms with Crippen molar-refractivity contribution in [1.82, 2.24) is 35.4 Å². The number of rotatable bonds is 9. The fourth-order valence-electron chi connectivity index (χ4n) is 4.00. The lowest BCUT2D eigenvalue weighted by Crippen LogP contribution is -2.07. The predicted octanol–water partition coefficient (Wildman–Crippen LogP) is 4.88. The van der Waals surface area contributed by atoms with Gasteiger partial charge in [0.25, 0.3) is 0 Å². The number of aromatic nitrogens is 7. The molecule has 0 bridgehead atoms. The zero-order valence-corrected chi connectivity index (χ0v) is 18.8. The number of allylic oxidation sites excluding steroid dienone is 1. The molecule has 5 aromatic rings. The number of hydrogen-bond acceptors (Lipinski definition) is 5. The summed E-state index contributed by atoms with van der Waals surface area (Å²) in [6.45, 7) is 4.52. The second-order valence-electron chi connectivity index (χ2n) is 8.08. The zero-order valence-electron chi connectivity index (χ0n) is 18.8. The Bertz CT molecular complexity index is 1350. The third-order valence-corrected chi connectivity index (χ3v) is 5.69. The van der Waals surface area contributed by atoms with Crippen molar-refractivity contribution in [2.45, 2.75) is 25.8 Å². The van der Waals surface area contributed by atoms with Gasteiger partial charge < -0.3 is 0 Å². The van der Waals surface area contributed by atoms with Gasteiger partial charge >= 0.3 is 0 Å². The lowest BCUT2D eigenvalue weighted by atomic mass is 9.98. The van der Waals surface area contributed by atoms with Crippen LogP contribution in [0.5, 0.6) is 0 Å². The van der Waals surface area contributed by atoms with Gasteiger partial charge in [-0.15, -0.1) is 11.7 Å². The van der Waals surface area contributed by atoms with Crippen molar-refractivity contribution in [2.75, 3.05) is 0 Å². The van der Waals surface area contributed by atoms with Crippen LogP contribution in [0.15, 0.2) is 91.5 Å². The van der Waals surface area contributed by atoms with Gasteiger partial charge in [0.15, 0.2) is 11.6 Å². The van der Waals surface area contributed by atoms with Gasteiger partial charge in [-0.2, -0.15) is 5.10 Å². The Balaban J connectivity index is 1.38. The van der Waals surface area contributed by atoms with Crippen LogP contribution in [0.1, 0.15) is 29.2 Å². The standard InChI is InChI=1S/C27H25N7/c1-2-3-13-26-28-25(18-20-9-5-4-6-10-20)31-34(26)19-21-14-16-22(17-15-21)23-11-7-8-12-24(23)27-29-32-33-30-27/h2,4-12,14-17H,1,3,13,18-19H2,(H,29,30,32,33). The summed E-state index contributed by atoms with van der Waals surface area (Å²) in [6, 6.07) is 27.0. The highest BCUT2D eigenvalue weighted by molar-refractivity contribution is 5.80. The average Bonchev–Trinajstić information content (AvgIpc) is 3.54. The molecule has 0 fully saturated rings. The van der Waals surface area contributed by atoms with Crippen molar-refractivity contribution in [2.24, 2.45) is 0 Å². The van der Waals surface area contributed by atoms with Gasteiger partial charge in [-0.05, 0) is 39.1 Å². The van der Waals surface area contributed by atoms with E-state index >= 15 is 0 Å². The summed E-state index contributed by atoms with van der Waals surface area (Å²) in [5.74, 6) is 2.48. The SMILES string of the molecule is C=CCCc1nc(Cc2ccccc2)nn1Cc1ccc(-c2ccccc2-c2nnn[nH]2)cc1. The maximum atomic E-state index is 4.83. The van der Waals surface area contributed by atoms with E-state index in [4.69, 9.17) is 10.1 Å². The van der Waals surface area contributed by atoms with Gasteiger partial charge in [0, 0.05) is 18.4 Å². The van der Waals surface area contributed by atoms with E-state index in [0.29, 0.717) is 12.4 Å². The molecule has 0 radical (unpaired) electrons. The molecule has 5 rings (SSSR count). The lowest BCUT2D eigenvalue weighted by Gasteiger charge is -2.09. The van der Waals surface area contributed by atoms with E-state index in [9.17, 15) is 0 Å². The molecule has 2 aromatic heterocycles. The second-order valence-corrected chi connectivity index (χ2v) is 8.08. The molecule has 0 unspecified atom stereocenters. The molecule has 0 aliphatic heterocycles. The Morgan fingerprint density at radius 3 is 2.35 bits per heavy atom. The Labute approximate surface area is 198 Å². The predicted molar refractivity (Wildman–Crippen MR) is 132 cm³/mol. The Kier molecular flexibility index (Phi) is 6.34. The number of tetrazole rings is 1. The van der Waals surface area contributed by atoms with Crippen LogP contribution in [0.4, 0.5) is 0 Å². The monoisotopic (exact) mass is 447 g/mol. The molecule has 0 atom stereocenters.